The highest BCUT2D eigenvalue weighted by Gasteiger charge is 2.36. The molecule has 1 atom stereocenters. The van der Waals surface area contributed by atoms with Gasteiger partial charge in [0.05, 0.1) is 11.5 Å². The summed E-state index contributed by atoms with van der Waals surface area (Å²) in [5.41, 5.74) is 0.932. The molecule has 18 heavy (non-hydrogen) atoms. The highest BCUT2D eigenvalue weighted by molar-refractivity contribution is 5.33. The van der Waals surface area contributed by atoms with Gasteiger partial charge in [-0.1, -0.05) is 37.3 Å². The summed E-state index contributed by atoms with van der Waals surface area (Å²) in [6.07, 6.45) is 3.10. The van der Waals surface area contributed by atoms with Crippen molar-refractivity contribution in [2.75, 3.05) is 13.1 Å². The van der Waals surface area contributed by atoms with Crippen LogP contribution in [0.25, 0.3) is 0 Å². The number of nitrogens with zero attached hydrogens (tertiary/aromatic N) is 2. The van der Waals surface area contributed by atoms with Crippen molar-refractivity contribution in [3.63, 3.8) is 0 Å². The monoisotopic (exact) mass is 242 g/mol. The Morgan fingerprint density at radius 3 is 2.39 bits per heavy atom. The second kappa shape index (κ2) is 5.54. The number of hydrogen-bond acceptors (Lipinski definition) is 2. The number of benzene rings is 1. The fourth-order valence-electron chi connectivity index (χ4n) is 2.83. The summed E-state index contributed by atoms with van der Waals surface area (Å²) < 4.78 is 0. The molecule has 1 fully saturated rings. The number of rotatable bonds is 3. The molecular formula is C16H22N2. The molecule has 1 aromatic rings. The van der Waals surface area contributed by atoms with Crippen LogP contribution >= 0.6 is 0 Å². The Kier molecular flexibility index (Phi) is 4.04. The first-order chi connectivity index (χ1) is 8.72. The van der Waals surface area contributed by atoms with Crippen molar-refractivity contribution in [3.05, 3.63) is 35.9 Å². The normalized spacial score (nSPS) is 21.2. The van der Waals surface area contributed by atoms with Crippen molar-refractivity contribution in [2.24, 2.45) is 0 Å². The van der Waals surface area contributed by atoms with Gasteiger partial charge in [-0.2, -0.15) is 5.26 Å². The van der Waals surface area contributed by atoms with E-state index in [4.69, 9.17) is 0 Å². The van der Waals surface area contributed by atoms with Gasteiger partial charge < -0.3 is 4.90 Å². The largest absolute Gasteiger partial charge is 0.301 e. The topological polar surface area (TPSA) is 27.0 Å². The van der Waals surface area contributed by atoms with E-state index in [1.54, 1.807) is 0 Å². The van der Waals surface area contributed by atoms with Crippen LogP contribution in [0.5, 0.6) is 0 Å². The van der Waals surface area contributed by atoms with Crippen molar-refractivity contribution in [1.82, 2.24) is 4.90 Å². The third kappa shape index (κ3) is 2.42. The predicted octanol–water partition coefficient (Wildman–Crippen LogP) is 3.34. The Bertz CT molecular complexity index is 410. The van der Waals surface area contributed by atoms with Gasteiger partial charge in [0.25, 0.3) is 0 Å². The van der Waals surface area contributed by atoms with Crippen molar-refractivity contribution >= 4 is 0 Å². The van der Waals surface area contributed by atoms with Gasteiger partial charge in [0, 0.05) is 19.1 Å². The minimum atomic E-state index is -0.259. The van der Waals surface area contributed by atoms with E-state index in [0.717, 1.165) is 25.9 Å². The summed E-state index contributed by atoms with van der Waals surface area (Å²) in [5.74, 6) is 0. The van der Waals surface area contributed by atoms with Crippen molar-refractivity contribution in [1.29, 1.82) is 5.26 Å². The van der Waals surface area contributed by atoms with Crippen molar-refractivity contribution in [3.8, 4) is 6.07 Å². The summed E-state index contributed by atoms with van der Waals surface area (Å²) in [4.78, 5) is 2.51. The van der Waals surface area contributed by atoms with Crippen LogP contribution in [-0.4, -0.2) is 24.0 Å². The van der Waals surface area contributed by atoms with E-state index >= 15 is 0 Å². The standard InChI is InChI=1S/C16H22N2/c1-3-14(2)18-11-9-16(13-17,10-12-18)15-7-5-4-6-8-15/h4-8,14H,3,9-12H2,1-2H3. The third-order valence-corrected chi connectivity index (χ3v) is 4.41. The highest BCUT2D eigenvalue weighted by atomic mass is 15.2. The molecule has 1 heterocycles. The van der Waals surface area contributed by atoms with Crippen molar-refractivity contribution in [2.45, 2.75) is 44.6 Å². The highest BCUT2D eigenvalue weighted by Crippen LogP contribution is 2.35. The minimum absolute atomic E-state index is 0.259. The molecule has 0 amide bonds. The average molecular weight is 242 g/mol. The van der Waals surface area contributed by atoms with E-state index in [1.807, 2.05) is 18.2 Å². The van der Waals surface area contributed by atoms with Gasteiger partial charge in [-0.25, -0.2) is 0 Å². The molecule has 2 nitrogen and oxygen atoms in total. The average Bonchev–Trinajstić information content (AvgIpc) is 2.47. The first-order valence-corrected chi connectivity index (χ1v) is 6.92. The van der Waals surface area contributed by atoms with Gasteiger partial charge in [-0.3, -0.25) is 0 Å². The number of piperidine rings is 1. The molecule has 0 spiro atoms. The first kappa shape index (κ1) is 13.1. The zero-order chi connectivity index (χ0) is 13.0. The summed E-state index contributed by atoms with van der Waals surface area (Å²) in [6, 6.07) is 13.5. The fourth-order valence-corrected chi connectivity index (χ4v) is 2.83. The molecule has 1 unspecified atom stereocenters. The number of likely N-dealkylation sites (tertiary alicyclic amines) is 1. The summed E-state index contributed by atoms with van der Waals surface area (Å²) in [5, 5.41) is 9.61. The molecule has 0 aliphatic carbocycles. The van der Waals surface area contributed by atoms with Crippen LogP contribution in [0.15, 0.2) is 30.3 Å². The van der Waals surface area contributed by atoms with Gasteiger partial charge >= 0.3 is 0 Å². The molecule has 0 radical (unpaired) electrons. The van der Waals surface area contributed by atoms with Crippen LogP contribution in [0.4, 0.5) is 0 Å². The van der Waals surface area contributed by atoms with E-state index in [9.17, 15) is 5.26 Å². The maximum atomic E-state index is 9.61. The van der Waals surface area contributed by atoms with Gasteiger partial charge in [-0.15, -0.1) is 0 Å². The smallest absolute Gasteiger partial charge is 0.0846 e. The molecule has 1 aliphatic heterocycles. The zero-order valence-corrected chi connectivity index (χ0v) is 11.4. The summed E-state index contributed by atoms with van der Waals surface area (Å²) in [6.45, 7) is 6.59. The van der Waals surface area contributed by atoms with Crippen LogP contribution in [0, 0.1) is 11.3 Å². The molecule has 1 aromatic carbocycles. The lowest BCUT2D eigenvalue weighted by atomic mass is 9.74. The van der Waals surface area contributed by atoms with E-state index < -0.39 is 0 Å². The van der Waals surface area contributed by atoms with E-state index in [2.05, 4.69) is 36.9 Å². The Hall–Kier alpha value is -1.33. The Morgan fingerprint density at radius 2 is 1.89 bits per heavy atom. The number of nitriles is 1. The molecule has 1 aliphatic rings. The Morgan fingerprint density at radius 1 is 1.28 bits per heavy atom. The van der Waals surface area contributed by atoms with Gasteiger partial charge in [0.1, 0.15) is 0 Å². The second-order valence-electron chi connectivity index (χ2n) is 5.35. The predicted molar refractivity (Wildman–Crippen MR) is 74.3 cm³/mol. The van der Waals surface area contributed by atoms with Crippen LogP contribution < -0.4 is 0 Å². The SMILES string of the molecule is CCC(C)N1CCC(C#N)(c2ccccc2)CC1. The molecule has 2 heteroatoms. The van der Waals surface area contributed by atoms with Gasteiger partial charge in [0.2, 0.25) is 0 Å². The molecule has 2 rings (SSSR count). The third-order valence-electron chi connectivity index (χ3n) is 4.41. The summed E-state index contributed by atoms with van der Waals surface area (Å²) >= 11 is 0. The Balaban J connectivity index is 2.13. The number of hydrogen-bond donors (Lipinski definition) is 0. The Labute approximate surface area is 110 Å². The van der Waals surface area contributed by atoms with Crippen LogP contribution in [0.1, 0.15) is 38.7 Å². The molecular weight excluding hydrogens is 220 g/mol. The second-order valence-corrected chi connectivity index (χ2v) is 5.35. The van der Waals surface area contributed by atoms with Gasteiger partial charge in [0.15, 0.2) is 0 Å². The molecule has 96 valence electrons. The van der Waals surface area contributed by atoms with E-state index in [-0.39, 0.29) is 5.41 Å². The molecule has 0 N–H and O–H groups in total. The minimum Gasteiger partial charge on any atom is -0.301 e. The molecule has 0 saturated carbocycles. The van der Waals surface area contributed by atoms with Crippen LogP contribution in [0.3, 0.4) is 0 Å². The first-order valence-electron chi connectivity index (χ1n) is 6.92. The lowest BCUT2D eigenvalue weighted by Crippen LogP contribution is -2.45. The maximum absolute atomic E-state index is 9.61. The lowest BCUT2D eigenvalue weighted by molar-refractivity contribution is 0.139. The van der Waals surface area contributed by atoms with Crippen LogP contribution in [-0.2, 0) is 5.41 Å². The fraction of sp³-hybridized carbons (Fsp3) is 0.562. The zero-order valence-electron chi connectivity index (χ0n) is 11.4. The molecule has 1 saturated heterocycles. The molecule has 0 bridgehead atoms. The van der Waals surface area contributed by atoms with Crippen LogP contribution in [0.2, 0.25) is 0 Å². The van der Waals surface area contributed by atoms with Gasteiger partial charge in [-0.05, 0) is 31.7 Å². The maximum Gasteiger partial charge on any atom is 0.0846 e. The quantitative estimate of drug-likeness (QED) is 0.813. The van der Waals surface area contributed by atoms with E-state index in [1.165, 1.54) is 12.0 Å². The van der Waals surface area contributed by atoms with E-state index in [0.29, 0.717) is 6.04 Å². The van der Waals surface area contributed by atoms with Crippen molar-refractivity contribution < 1.29 is 0 Å². The lowest BCUT2D eigenvalue weighted by Gasteiger charge is -2.40. The molecule has 0 aromatic heterocycles. The summed E-state index contributed by atoms with van der Waals surface area (Å²) in [7, 11) is 0.